The van der Waals surface area contributed by atoms with Crippen LogP contribution in [0.15, 0.2) is 30.5 Å². The second kappa shape index (κ2) is 9.92. The Bertz CT molecular complexity index is 1010. The van der Waals surface area contributed by atoms with Crippen molar-refractivity contribution in [3.63, 3.8) is 0 Å². The predicted octanol–water partition coefficient (Wildman–Crippen LogP) is 4.15. The molecule has 3 rings (SSSR count). The second-order valence-corrected chi connectivity index (χ2v) is 7.43. The lowest BCUT2D eigenvalue weighted by molar-refractivity contribution is -0.385. The number of halogens is 3. The Kier molecular flexibility index (Phi) is 7.24. The Balaban J connectivity index is 1.60. The maximum atomic E-state index is 12.7. The highest BCUT2D eigenvalue weighted by Crippen LogP contribution is 2.35. The molecule has 2 aromatic rings. The standard InChI is InChI=1S/C21H22F3N3O6/c1-31-17-9-15(16(27(29)30)10-18(17)32-2)20(28)26-13-4-6-14(7-5-13)33-19-8-3-12(11-25-19)21(22,23)24/h3,8-11,13-14H,4-7H2,1-2H3,(H,26,28). The summed E-state index contributed by atoms with van der Waals surface area (Å²) < 4.78 is 53.7. The van der Waals surface area contributed by atoms with Crippen LogP contribution < -0.4 is 19.5 Å². The zero-order valence-electron chi connectivity index (χ0n) is 17.8. The third-order valence-electron chi connectivity index (χ3n) is 5.30. The SMILES string of the molecule is COc1cc(C(=O)NC2CCC(Oc3ccc(C(F)(F)F)cn3)CC2)c([N+](=O)[O-])cc1OC. The monoisotopic (exact) mass is 469 g/mol. The van der Waals surface area contributed by atoms with E-state index in [0.717, 1.165) is 18.3 Å². The van der Waals surface area contributed by atoms with E-state index in [1.807, 2.05) is 0 Å². The van der Waals surface area contributed by atoms with Gasteiger partial charge in [0.25, 0.3) is 11.6 Å². The van der Waals surface area contributed by atoms with Crippen molar-refractivity contribution in [2.75, 3.05) is 14.2 Å². The summed E-state index contributed by atoms with van der Waals surface area (Å²) >= 11 is 0. The quantitative estimate of drug-likeness (QED) is 0.479. The Morgan fingerprint density at radius 2 is 1.76 bits per heavy atom. The van der Waals surface area contributed by atoms with E-state index in [0.29, 0.717) is 25.7 Å². The number of hydrogen-bond acceptors (Lipinski definition) is 7. The highest BCUT2D eigenvalue weighted by atomic mass is 19.4. The molecule has 12 heteroatoms. The lowest BCUT2D eigenvalue weighted by atomic mass is 9.92. The molecule has 0 bridgehead atoms. The molecule has 1 fully saturated rings. The third kappa shape index (κ3) is 5.82. The van der Waals surface area contributed by atoms with Crippen LogP contribution in [-0.2, 0) is 6.18 Å². The molecule has 1 heterocycles. The van der Waals surface area contributed by atoms with Gasteiger partial charge < -0.3 is 19.5 Å². The fourth-order valence-corrected chi connectivity index (χ4v) is 3.58. The summed E-state index contributed by atoms with van der Waals surface area (Å²) in [5, 5.41) is 14.2. The van der Waals surface area contributed by atoms with Gasteiger partial charge in [-0.3, -0.25) is 14.9 Å². The van der Waals surface area contributed by atoms with Gasteiger partial charge in [0.15, 0.2) is 11.5 Å². The van der Waals surface area contributed by atoms with Crippen LogP contribution in [0.5, 0.6) is 17.4 Å². The van der Waals surface area contributed by atoms with E-state index < -0.39 is 28.3 Å². The van der Waals surface area contributed by atoms with Crippen LogP contribution in [0.25, 0.3) is 0 Å². The van der Waals surface area contributed by atoms with E-state index in [9.17, 15) is 28.1 Å². The molecule has 0 unspecified atom stereocenters. The summed E-state index contributed by atoms with van der Waals surface area (Å²) in [6.45, 7) is 0. The van der Waals surface area contributed by atoms with Gasteiger partial charge >= 0.3 is 6.18 Å². The van der Waals surface area contributed by atoms with Crippen LogP contribution >= 0.6 is 0 Å². The smallest absolute Gasteiger partial charge is 0.417 e. The van der Waals surface area contributed by atoms with Crippen molar-refractivity contribution in [1.29, 1.82) is 0 Å². The van der Waals surface area contributed by atoms with Crippen LogP contribution in [0.1, 0.15) is 41.6 Å². The van der Waals surface area contributed by atoms with Crippen LogP contribution in [0.3, 0.4) is 0 Å². The molecule has 1 saturated carbocycles. The van der Waals surface area contributed by atoms with E-state index in [1.165, 1.54) is 26.4 Å². The summed E-state index contributed by atoms with van der Waals surface area (Å²) in [5.74, 6) is -0.197. The molecule has 1 amide bonds. The van der Waals surface area contributed by atoms with E-state index in [-0.39, 0.29) is 35.1 Å². The number of ether oxygens (including phenoxy) is 3. The first-order valence-corrected chi connectivity index (χ1v) is 10.0. The highest BCUT2D eigenvalue weighted by Gasteiger charge is 2.31. The minimum Gasteiger partial charge on any atom is -0.493 e. The van der Waals surface area contributed by atoms with Crippen molar-refractivity contribution in [3.05, 3.63) is 51.7 Å². The predicted molar refractivity (Wildman–Crippen MR) is 110 cm³/mol. The van der Waals surface area contributed by atoms with E-state index >= 15 is 0 Å². The third-order valence-corrected chi connectivity index (χ3v) is 5.30. The van der Waals surface area contributed by atoms with Crippen molar-refractivity contribution in [3.8, 4) is 17.4 Å². The number of methoxy groups -OCH3 is 2. The molecule has 1 aromatic carbocycles. The Hall–Kier alpha value is -3.57. The Labute approximate surface area is 187 Å². The summed E-state index contributed by atoms with van der Waals surface area (Å²) in [6, 6.07) is 4.23. The number of carbonyl (C=O) groups is 1. The minimum absolute atomic E-state index is 0.0939. The van der Waals surface area contributed by atoms with Gasteiger partial charge in [0.2, 0.25) is 5.88 Å². The first kappa shape index (κ1) is 24.1. The minimum atomic E-state index is -4.47. The lowest BCUT2D eigenvalue weighted by Crippen LogP contribution is -2.40. The average Bonchev–Trinajstić information content (AvgIpc) is 2.79. The summed E-state index contributed by atoms with van der Waals surface area (Å²) in [7, 11) is 2.69. The molecule has 0 atom stereocenters. The Morgan fingerprint density at radius 3 is 2.27 bits per heavy atom. The first-order chi connectivity index (χ1) is 15.6. The molecule has 178 valence electrons. The van der Waals surface area contributed by atoms with Gasteiger partial charge in [-0.2, -0.15) is 13.2 Å². The van der Waals surface area contributed by atoms with Gasteiger partial charge in [-0.1, -0.05) is 0 Å². The normalized spacial score (nSPS) is 18.3. The van der Waals surface area contributed by atoms with Crippen LogP contribution in [0.4, 0.5) is 18.9 Å². The number of carbonyl (C=O) groups excluding carboxylic acids is 1. The molecule has 0 saturated heterocycles. The maximum absolute atomic E-state index is 12.7. The number of nitro benzene ring substituents is 1. The zero-order chi connectivity index (χ0) is 24.2. The average molecular weight is 469 g/mol. The summed E-state index contributed by atoms with van der Waals surface area (Å²) in [5.41, 5.74) is -1.41. The van der Waals surface area contributed by atoms with E-state index in [2.05, 4.69) is 10.3 Å². The van der Waals surface area contributed by atoms with Crippen molar-refractivity contribution >= 4 is 11.6 Å². The molecule has 0 aliphatic heterocycles. The number of rotatable bonds is 7. The number of benzene rings is 1. The number of nitrogens with one attached hydrogen (secondary N) is 1. The van der Waals surface area contributed by atoms with Crippen LogP contribution in [0.2, 0.25) is 0 Å². The van der Waals surface area contributed by atoms with Crippen molar-refractivity contribution in [2.45, 2.75) is 44.0 Å². The van der Waals surface area contributed by atoms with Gasteiger partial charge in [-0.05, 0) is 31.7 Å². The number of alkyl halides is 3. The summed E-state index contributed by atoms with van der Waals surface area (Å²) in [4.78, 5) is 27.2. The molecular formula is C21H22F3N3O6. The molecular weight excluding hydrogens is 447 g/mol. The summed E-state index contributed by atoms with van der Waals surface area (Å²) in [6.07, 6.45) is -1.90. The molecule has 0 spiro atoms. The van der Waals surface area contributed by atoms with E-state index in [1.54, 1.807) is 0 Å². The molecule has 1 aliphatic rings. The number of amides is 1. The van der Waals surface area contributed by atoms with Crippen molar-refractivity contribution < 1.29 is 37.1 Å². The molecule has 1 aliphatic carbocycles. The van der Waals surface area contributed by atoms with Gasteiger partial charge in [-0.15, -0.1) is 0 Å². The van der Waals surface area contributed by atoms with Gasteiger partial charge in [-0.25, -0.2) is 4.98 Å². The van der Waals surface area contributed by atoms with Crippen molar-refractivity contribution in [2.24, 2.45) is 0 Å². The fraction of sp³-hybridized carbons (Fsp3) is 0.429. The number of nitro groups is 1. The van der Waals surface area contributed by atoms with Crippen molar-refractivity contribution in [1.82, 2.24) is 10.3 Å². The molecule has 33 heavy (non-hydrogen) atoms. The second-order valence-electron chi connectivity index (χ2n) is 7.43. The number of hydrogen-bond donors (Lipinski definition) is 1. The topological polar surface area (TPSA) is 113 Å². The molecule has 0 radical (unpaired) electrons. The fourth-order valence-electron chi connectivity index (χ4n) is 3.58. The van der Waals surface area contributed by atoms with Crippen LogP contribution in [-0.4, -0.2) is 42.2 Å². The van der Waals surface area contributed by atoms with Crippen LogP contribution in [0, 0.1) is 10.1 Å². The van der Waals surface area contributed by atoms with E-state index in [4.69, 9.17) is 14.2 Å². The largest absolute Gasteiger partial charge is 0.493 e. The van der Waals surface area contributed by atoms with Gasteiger partial charge in [0.1, 0.15) is 11.7 Å². The number of nitrogens with zero attached hydrogens (tertiary/aromatic N) is 2. The number of aromatic nitrogens is 1. The first-order valence-electron chi connectivity index (χ1n) is 10.0. The lowest BCUT2D eigenvalue weighted by Gasteiger charge is -2.29. The molecule has 1 N–H and O–H groups in total. The maximum Gasteiger partial charge on any atom is 0.417 e. The molecule has 9 nitrogen and oxygen atoms in total. The Morgan fingerprint density at radius 1 is 1.12 bits per heavy atom. The molecule has 1 aromatic heterocycles. The number of pyridine rings is 1. The van der Waals surface area contributed by atoms with Gasteiger partial charge in [0.05, 0.1) is 30.8 Å². The zero-order valence-corrected chi connectivity index (χ0v) is 17.8. The van der Waals surface area contributed by atoms with Gasteiger partial charge in [0, 0.05) is 24.4 Å². The highest BCUT2D eigenvalue weighted by molar-refractivity contribution is 5.99.